The van der Waals surface area contributed by atoms with Gasteiger partial charge in [0.15, 0.2) is 0 Å². The molecule has 0 aliphatic carbocycles. The predicted octanol–water partition coefficient (Wildman–Crippen LogP) is 0.833. The van der Waals surface area contributed by atoms with Gasteiger partial charge in [0, 0.05) is 25.7 Å². The zero-order chi connectivity index (χ0) is 10.5. The molecule has 2 aliphatic heterocycles. The zero-order valence-electron chi connectivity index (χ0n) is 9.62. The van der Waals surface area contributed by atoms with Crippen LogP contribution in [0.25, 0.3) is 0 Å². The molecule has 0 aromatic heterocycles. The largest absolute Gasteiger partial charge is 0.396 e. The highest BCUT2D eigenvalue weighted by molar-refractivity contribution is 4.81. The van der Waals surface area contributed by atoms with E-state index in [1.165, 1.54) is 51.9 Å². The van der Waals surface area contributed by atoms with Crippen LogP contribution in [0.15, 0.2) is 0 Å². The lowest BCUT2D eigenvalue weighted by molar-refractivity contribution is 0.235. The number of piperidine rings is 1. The monoisotopic (exact) mass is 212 g/mol. The van der Waals surface area contributed by atoms with Crippen molar-refractivity contribution in [3.05, 3.63) is 0 Å². The van der Waals surface area contributed by atoms with E-state index in [2.05, 4.69) is 10.2 Å². The van der Waals surface area contributed by atoms with Crippen LogP contribution in [-0.4, -0.2) is 48.8 Å². The van der Waals surface area contributed by atoms with Gasteiger partial charge in [-0.2, -0.15) is 0 Å². The molecule has 0 aromatic carbocycles. The lowest BCUT2D eigenvalue weighted by atomic mass is 10.0. The first-order valence-electron chi connectivity index (χ1n) is 6.45. The minimum Gasteiger partial charge on any atom is -0.396 e. The highest BCUT2D eigenvalue weighted by Gasteiger charge is 2.24. The third-order valence-electron chi connectivity index (χ3n) is 3.80. The minimum absolute atomic E-state index is 0.361. The van der Waals surface area contributed by atoms with Crippen LogP contribution < -0.4 is 5.32 Å². The van der Waals surface area contributed by atoms with E-state index in [9.17, 15) is 0 Å². The quantitative estimate of drug-likeness (QED) is 0.724. The summed E-state index contributed by atoms with van der Waals surface area (Å²) in [6.45, 7) is 5.24. The molecule has 2 heterocycles. The van der Waals surface area contributed by atoms with E-state index in [1.807, 2.05) is 0 Å². The van der Waals surface area contributed by atoms with Gasteiger partial charge < -0.3 is 15.3 Å². The third-order valence-corrected chi connectivity index (χ3v) is 3.80. The second-order valence-electron chi connectivity index (χ2n) is 5.07. The Morgan fingerprint density at radius 2 is 2.20 bits per heavy atom. The van der Waals surface area contributed by atoms with Crippen molar-refractivity contribution in [3.63, 3.8) is 0 Å². The van der Waals surface area contributed by atoms with Crippen molar-refractivity contribution in [2.75, 3.05) is 32.8 Å². The Hall–Kier alpha value is -0.120. The van der Waals surface area contributed by atoms with Crippen LogP contribution >= 0.6 is 0 Å². The summed E-state index contributed by atoms with van der Waals surface area (Å²) in [5.74, 6) is 0.749. The van der Waals surface area contributed by atoms with Crippen molar-refractivity contribution in [1.82, 2.24) is 10.2 Å². The van der Waals surface area contributed by atoms with Crippen LogP contribution in [0.3, 0.4) is 0 Å². The van der Waals surface area contributed by atoms with Gasteiger partial charge >= 0.3 is 0 Å². The number of hydrogen-bond donors (Lipinski definition) is 2. The fourth-order valence-electron chi connectivity index (χ4n) is 2.89. The van der Waals surface area contributed by atoms with Gasteiger partial charge in [0.1, 0.15) is 0 Å². The molecule has 2 saturated heterocycles. The highest BCUT2D eigenvalue weighted by Crippen LogP contribution is 2.20. The molecule has 2 unspecified atom stereocenters. The summed E-state index contributed by atoms with van der Waals surface area (Å²) in [6.07, 6.45) is 6.37. The van der Waals surface area contributed by atoms with Gasteiger partial charge in [-0.25, -0.2) is 0 Å². The van der Waals surface area contributed by atoms with Crippen LogP contribution in [0.2, 0.25) is 0 Å². The van der Waals surface area contributed by atoms with E-state index in [-0.39, 0.29) is 0 Å². The van der Waals surface area contributed by atoms with E-state index in [1.54, 1.807) is 0 Å². The van der Waals surface area contributed by atoms with Gasteiger partial charge in [0.25, 0.3) is 0 Å². The first-order valence-corrected chi connectivity index (χ1v) is 6.45. The second-order valence-corrected chi connectivity index (χ2v) is 5.07. The Balaban J connectivity index is 1.67. The molecule has 3 nitrogen and oxygen atoms in total. The van der Waals surface area contributed by atoms with Gasteiger partial charge in [-0.15, -0.1) is 0 Å². The number of nitrogens with zero attached hydrogens (tertiary/aromatic N) is 1. The fraction of sp³-hybridized carbons (Fsp3) is 1.00. The lowest BCUT2D eigenvalue weighted by Gasteiger charge is -2.28. The number of aliphatic hydroxyl groups excluding tert-OH is 1. The van der Waals surface area contributed by atoms with Gasteiger partial charge in [0.05, 0.1) is 0 Å². The predicted molar refractivity (Wildman–Crippen MR) is 61.9 cm³/mol. The number of nitrogens with one attached hydrogen (secondary N) is 1. The number of hydrogen-bond acceptors (Lipinski definition) is 3. The molecular formula is C12H24N2O. The van der Waals surface area contributed by atoms with Gasteiger partial charge in [-0.1, -0.05) is 6.42 Å². The molecular weight excluding hydrogens is 188 g/mol. The van der Waals surface area contributed by atoms with E-state index < -0.39 is 0 Å². The maximum atomic E-state index is 8.90. The molecule has 2 atom stereocenters. The summed E-state index contributed by atoms with van der Waals surface area (Å²) >= 11 is 0. The number of aliphatic hydroxyl groups is 1. The van der Waals surface area contributed by atoms with Crippen LogP contribution in [0.5, 0.6) is 0 Å². The molecule has 0 radical (unpaired) electrons. The Kier molecular flexibility index (Phi) is 4.42. The summed E-state index contributed by atoms with van der Waals surface area (Å²) in [7, 11) is 0. The summed E-state index contributed by atoms with van der Waals surface area (Å²) in [5.41, 5.74) is 0. The third kappa shape index (κ3) is 3.44. The molecule has 0 saturated carbocycles. The summed E-state index contributed by atoms with van der Waals surface area (Å²) in [4.78, 5) is 2.57. The molecule has 2 aliphatic rings. The Labute approximate surface area is 92.8 Å². The van der Waals surface area contributed by atoms with Crippen molar-refractivity contribution in [3.8, 4) is 0 Å². The fourth-order valence-corrected chi connectivity index (χ4v) is 2.89. The molecule has 2 N–H and O–H groups in total. The number of likely N-dealkylation sites (tertiary alicyclic amines) is 1. The topological polar surface area (TPSA) is 35.5 Å². The Morgan fingerprint density at radius 3 is 2.93 bits per heavy atom. The molecule has 3 heteroatoms. The zero-order valence-corrected chi connectivity index (χ0v) is 9.62. The smallest absolute Gasteiger partial charge is 0.0434 e. The lowest BCUT2D eigenvalue weighted by Crippen LogP contribution is -2.43. The molecule has 2 rings (SSSR count). The van der Waals surface area contributed by atoms with Crippen LogP contribution in [-0.2, 0) is 0 Å². The normalized spacial score (nSPS) is 33.4. The average Bonchev–Trinajstić information content (AvgIpc) is 2.68. The van der Waals surface area contributed by atoms with E-state index in [0.29, 0.717) is 6.61 Å². The molecule has 0 bridgehead atoms. The van der Waals surface area contributed by atoms with Gasteiger partial charge in [0.2, 0.25) is 0 Å². The Morgan fingerprint density at radius 1 is 1.27 bits per heavy atom. The SMILES string of the molecule is OCCC1CCN(CC2CCCCN2)C1. The summed E-state index contributed by atoms with van der Waals surface area (Å²) in [5, 5.41) is 12.5. The van der Waals surface area contributed by atoms with Crippen molar-refractivity contribution >= 4 is 0 Å². The van der Waals surface area contributed by atoms with E-state index in [0.717, 1.165) is 18.4 Å². The second kappa shape index (κ2) is 5.83. The molecule has 15 heavy (non-hydrogen) atoms. The van der Waals surface area contributed by atoms with Crippen molar-refractivity contribution < 1.29 is 5.11 Å². The maximum absolute atomic E-state index is 8.90. The average molecular weight is 212 g/mol. The molecule has 0 spiro atoms. The highest BCUT2D eigenvalue weighted by atomic mass is 16.3. The first-order chi connectivity index (χ1) is 7.38. The van der Waals surface area contributed by atoms with Gasteiger partial charge in [-0.3, -0.25) is 0 Å². The van der Waals surface area contributed by atoms with Crippen molar-refractivity contribution in [2.24, 2.45) is 5.92 Å². The molecule has 0 aromatic rings. The standard InChI is InChI=1S/C12H24N2O/c15-8-5-11-4-7-14(9-11)10-12-3-1-2-6-13-12/h11-13,15H,1-10H2. The molecule has 88 valence electrons. The Bertz CT molecular complexity index is 180. The number of rotatable bonds is 4. The maximum Gasteiger partial charge on any atom is 0.0434 e. The van der Waals surface area contributed by atoms with Gasteiger partial charge in [-0.05, 0) is 44.7 Å². The van der Waals surface area contributed by atoms with E-state index >= 15 is 0 Å². The van der Waals surface area contributed by atoms with Crippen LogP contribution in [0, 0.1) is 5.92 Å². The molecule has 0 amide bonds. The van der Waals surface area contributed by atoms with Crippen LogP contribution in [0.1, 0.15) is 32.1 Å². The van der Waals surface area contributed by atoms with Crippen molar-refractivity contribution in [1.29, 1.82) is 0 Å². The van der Waals surface area contributed by atoms with E-state index in [4.69, 9.17) is 5.11 Å². The molecule has 2 fully saturated rings. The van der Waals surface area contributed by atoms with Crippen LogP contribution in [0.4, 0.5) is 0 Å². The van der Waals surface area contributed by atoms with Crippen molar-refractivity contribution in [2.45, 2.75) is 38.1 Å². The minimum atomic E-state index is 0.361. The summed E-state index contributed by atoms with van der Waals surface area (Å²) in [6, 6.07) is 0.728. The first kappa shape index (κ1) is 11.4. The summed E-state index contributed by atoms with van der Waals surface area (Å²) < 4.78 is 0.